The lowest BCUT2D eigenvalue weighted by molar-refractivity contribution is -0.142. The Morgan fingerprint density at radius 1 is 0.744 bits per heavy atom. The van der Waals surface area contributed by atoms with Gasteiger partial charge >= 0.3 is 5.97 Å². The molecule has 0 heterocycles. The number of halogens is 2. The molecule has 39 heavy (non-hydrogen) atoms. The van der Waals surface area contributed by atoms with Crippen LogP contribution < -0.4 is 10.6 Å². The van der Waals surface area contributed by atoms with Crippen LogP contribution in [0.1, 0.15) is 37.4 Å². The molecule has 0 spiro atoms. The van der Waals surface area contributed by atoms with Gasteiger partial charge in [-0.05, 0) is 53.4 Å². The summed E-state index contributed by atoms with van der Waals surface area (Å²) in [6, 6.07) is 28.0. The van der Waals surface area contributed by atoms with Crippen molar-refractivity contribution in [3.8, 4) is 0 Å². The van der Waals surface area contributed by atoms with Crippen LogP contribution in [-0.2, 0) is 22.4 Å². The van der Waals surface area contributed by atoms with E-state index >= 15 is 0 Å². The van der Waals surface area contributed by atoms with E-state index in [0.717, 1.165) is 16.7 Å². The van der Waals surface area contributed by atoms with E-state index in [9.17, 15) is 14.4 Å². The van der Waals surface area contributed by atoms with Crippen LogP contribution in [0.2, 0.25) is 10.0 Å². The van der Waals surface area contributed by atoms with Gasteiger partial charge in [0, 0.05) is 17.7 Å². The van der Waals surface area contributed by atoms with Crippen LogP contribution in [0, 0.1) is 0 Å². The van der Waals surface area contributed by atoms with E-state index in [1.165, 1.54) is 7.11 Å². The van der Waals surface area contributed by atoms with Crippen LogP contribution in [0.15, 0.2) is 97.1 Å². The molecule has 4 rings (SSSR count). The van der Waals surface area contributed by atoms with E-state index in [-0.39, 0.29) is 27.9 Å². The van der Waals surface area contributed by atoms with Gasteiger partial charge in [0.05, 0.1) is 22.7 Å². The predicted octanol–water partition coefficient (Wildman–Crippen LogP) is 6.35. The van der Waals surface area contributed by atoms with E-state index in [4.69, 9.17) is 27.9 Å². The molecule has 6 nitrogen and oxygen atoms in total. The van der Waals surface area contributed by atoms with Crippen LogP contribution >= 0.6 is 23.2 Å². The molecule has 0 aliphatic carbocycles. The summed E-state index contributed by atoms with van der Waals surface area (Å²) < 4.78 is 4.96. The van der Waals surface area contributed by atoms with E-state index in [1.807, 2.05) is 42.5 Å². The highest BCUT2D eigenvalue weighted by Gasteiger charge is 2.24. The number of nitrogens with one attached hydrogen (secondary N) is 2. The summed E-state index contributed by atoms with van der Waals surface area (Å²) in [6.07, 6.45) is 0.781. The van der Waals surface area contributed by atoms with E-state index < -0.39 is 17.9 Å². The minimum Gasteiger partial charge on any atom is -0.467 e. The Kier molecular flexibility index (Phi) is 9.36. The molecule has 0 aliphatic rings. The second kappa shape index (κ2) is 13.1. The summed E-state index contributed by atoms with van der Waals surface area (Å²) in [6.45, 7) is 0. The van der Waals surface area contributed by atoms with Gasteiger partial charge in [0.25, 0.3) is 11.8 Å². The Bertz CT molecular complexity index is 1450. The van der Waals surface area contributed by atoms with Gasteiger partial charge in [0.1, 0.15) is 6.04 Å². The maximum absolute atomic E-state index is 13.3. The van der Waals surface area contributed by atoms with Gasteiger partial charge in [-0.3, -0.25) is 9.59 Å². The van der Waals surface area contributed by atoms with Gasteiger partial charge in [-0.1, -0.05) is 89.9 Å². The summed E-state index contributed by atoms with van der Waals surface area (Å²) in [5.41, 5.74) is 3.89. The van der Waals surface area contributed by atoms with Gasteiger partial charge in [0.2, 0.25) is 0 Å². The highest BCUT2D eigenvalue weighted by Crippen LogP contribution is 2.25. The number of carbonyl (C=O) groups is 3. The number of rotatable bonds is 9. The second-order valence-electron chi connectivity index (χ2n) is 8.82. The SMILES string of the molecule is COC(=O)[C@H](Cc1ccc(NC(=O)c2c(Cl)cccc2Cl)cc1)NC(=O)c1ccccc1Cc1ccccc1. The quantitative estimate of drug-likeness (QED) is 0.233. The van der Waals surface area contributed by atoms with Crippen molar-refractivity contribution in [1.29, 1.82) is 0 Å². The molecule has 4 aromatic rings. The first-order valence-electron chi connectivity index (χ1n) is 12.2. The largest absolute Gasteiger partial charge is 0.467 e. The number of anilines is 1. The molecule has 0 bridgehead atoms. The van der Waals surface area contributed by atoms with Gasteiger partial charge < -0.3 is 15.4 Å². The number of esters is 1. The number of carbonyl (C=O) groups excluding carboxylic acids is 3. The molecule has 8 heteroatoms. The molecule has 0 aliphatic heterocycles. The monoisotopic (exact) mass is 560 g/mol. The molecular formula is C31H26Cl2N2O4. The third kappa shape index (κ3) is 7.25. The third-order valence-electron chi connectivity index (χ3n) is 6.13. The molecule has 1 atom stereocenters. The Labute approximate surface area is 236 Å². The maximum Gasteiger partial charge on any atom is 0.328 e. The van der Waals surface area contributed by atoms with Crippen molar-refractivity contribution in [2.24, 2.45) is 0 Å². The Morgan fingerprint density at radius 2 is 1.38 bits per heavy atom. The van der Waals surface area contributed by atoms with Crippen LogP contribution in [0.25, 0.3) is 0 Å². The van der Waals surface area contributed by atoms with Crippen LogP contribution in [0.4, 0.5) is 5.69 Å². The Balaban J connectivity index is 1.45. The fourth-order valence-corrected chi connectivity index (χ4v) is 4.72. The van der Waals surface area contributed by atoms with Gasteiger partial charge in [0.15, 0.2) is 0 Å². The average molecular weight is 561 g/mol. The van der Waals surface area contributed by atoms with E-state index in [2.05, 4.69) is 10.6 Å². The molecule has 0 fully saturated rings. The topological polar surface area (TPSA) is 84.5 Å². The first-order valence-corrected chi connectivity index (χ1v) is 13.0. The second-order valence-corrected chi connectivity index (χ2v) is 9.63. The van der Waals surface area contributed by atoms with Crippen molar-refractivity contribution in [2.75, 3.05) is 12.4 Å². The number of ether oxygens (including phenoxy) is 1. The maximum atomic E-state index is 13.3. The molecule has 0 saturated heterocycles. The average Bonchev–Trinajstić information content (AvgIpc) is 2.94. The van der Waals surface area contributed by atoms with Crippen LogP contribution in [-0.4, -0.2) is 30.9 Å². The van der Waals surface area contributed by atoms with Crippen LogP contribution in [0.3, 0.4) is 0 Å². The predicted molar refractivity (Wildman–Crippen MR) is 154 cm³/mol. The Morgan fingerprint density at radius 3 is 2.05 bits per heavy atom. The third-order valence-corrected chi connectivity index (χ3v) is 6.76. The molecule has 2 amide bonds. The fraction of sp³-hybridized carbons (Fsp3) is 0.129. The smallest absolute Gasteiger partial charge is 0.328 e. The number of hydrogen-bond donors (Lipinski definition) is 2. The fourth-order valence-electron chi connectivity index (χ4n) is 4.15. The lowest BCUT2D eigenvalue weighted by Crippen LogP contribution is -2.43. The Hall–Kier alpha value is -4.13. The lowest BCUT2D eigenvalue weighted by atomic mass is 9.98. The molecule has 0 unspecified atom stereocenters. The minimum atomic E-state index is -0.908. The molecule has 0 saturated carbocycles. The molecule has 4 aromatic carbocycles. The summed E-state index contributed by atoms with van der Waals surface area (Å²) in [5.74, 6) is -1.36. The van der Waals surface area contributed by atoms with E-state index in [1.54, 1.807) is 54.6 Å². The standard InChI is InChI=1S/C31H26Cl2N2O4/c1-39-31(38)27(35-29(36)24-11-6-5-10-22(24)18-20-8-3-2-4-9-20)19-21-14-16-23(17-15-21)34-30(37)28-25(32)12-7-13-26(28)33/h2-17,27H,18-19H2,1H3,(H,34,37)(H,35,36)/t27-/m0/s1. The number of benzene rings is 4. The van der Waals surface area contributed by atoms with Crippen molar-refractivity contribution < 1.29 is 19.1 Å². The summed E-state index contributed by atoms with van der Waals surface area (Å²) in [5, 5.41) is 6.09. The number of hydrogen-bond acceptors (Lipinski definition) is 4. The van der Waals surface area contributed by atoms with Crippen molar-refractivity contribution in [3.05, 3.63) is 135 Å². The first kappa shape index (κ1) is 27.9. The molecule has 198 valence electrons. The van der Waals surface area contributed by atoms with Gasteiger partial charge in [-0.2, -0.15) is 0 Å². The van der Waals surface area contributed by atoms with Gasteiger partial charge in [-0.25, -0.2) is 4.79 Å². The van der Waals surface area contributed by atoms with Gasteiger partial charge in [-0.15, -0.1) is 0 Å². The number of methoxy groups -OCH3 is 1. The summed E-state index contributed by atoms with van der Waals surface area (Å²) >= 11 is 12.3. The lowest BCUT2D eigenvalue weighted by Gasteiger charge is -2.18. The van der Waals surface area contributed by atoms with Crippen molar-refractivity contribution >= 4 is 46.7 Å². The zero-order chi connectivity index (χ0) is 27.8. The van der Waals surface area contributed by atoms with Crippen molar-refractivity contribution in [2.45, 2.75) is 18.9 Å². The molecule has 0 radical (unpaired) electrons. The van der Waals surface area contributed by atoms with E-state index in [0.29, 0.717) is 17.7 Å². The molecule has 2 N–H and O–H groups in total. The zero-order valence-corrected chi connectivity index (χ0v) is 22.6. The summed E-state index contributed by atoms with van der Waals surface area (Å²) in [4.78, 5) is 38.5. The first-order chi connectivity index (χ1) is 18.9. The zero-order valence-electron chi connectivity index (χ0n) is 21.1. The molecular weight excluding hydrogens is 535 g/mol. The van der Waals surface area contributed by atoms with Crippen molar-refractivity contribution in [3.63, 3.8) is 0 Å². The number of amides is 2. The summed E-state index contributed by atoms with van der Waals surface area (Å²) in [7, 11) is 1.28. The highest BCUT2D eigenvalue weighted by molar-refractivity contribution is 6.40. The highest BCUT2D eigenvalue weighted by atomic mass is 35.5. The molecule has 0 aromatic heterocycles. The van der Waals surface area contributed by atoms with Crippen LogP contribution in [0.5, 0.6) is 0 Å². The minimum absolute atomic E-state index is 0.186. The normalized spacial score (nSPS) is 11.4. The van der Waals surface area contributed by atoms with Crippen molar-refractivity contribution in [1.82, 2.24) is 5.32 Å².